The van der Waals surface area contributed by atoms with Gasteiger partial charge in [-0.25, -0.2) is 4.98 Å². The van der Waals surface area contributed by atoms with Crippen LogP contribution < -0.4 is 10.1 Å². The Labute approximate surface area is 142 Å². The highest BCUT2D eigenvalue weighted by molar-refractivity contribution is 9.10. The normalized spacial score (nSPS) is 10.7. The van der Waals surface area contributed by atoms with Gasteiger partial charge in [0.05, 0.1) is 17.1 Å². The summed E-state index contributed by atoms with van der Waals surface area (Å²) in [6.07, 6.45) is 0. The molecule has 0 amide bonds. The summed E-state index contributed by atoms with van der Waals surface area (Å²) in [4.78, 5) is 4.62. The van der Waals surface area contributed by atoms with Crippen LogP contribution in [0.2, 0.25) is 5.02 Å². The van der Waals surface area contributed by atoms with Gasteiger partial charge in [-0.05, 0) is 57.9 Å². The Hall–Kier alpha value is -1.78. The van der Waals surface area contributed by atoms with E-state index in [1.807, 2.05) is 48.5 Å². The van der Waals surface area contributed by atoms with Gasteiger partial charge in [-0.15, -0.1) is 0 Å². The topological polar surface area (TPSA) is 34.1 Å². The van der Waals surface area contributed by atoms with E-state index < -0.39 is 0 Å². The summed E-state index contributed by atoms with van der Waals surface area (Å²) in [7, 11) is 1.66. The van der Waals surface area contributed by atoms with Crippen LogP contribution in [-0.4, -0.2) is 12.1 Å². The van der Waals surface area contributed by atoms with Crippen LogP contribution in [0, 0.1) is 0 Å². The lowest BCUT2D eigenvalue weighted by Gasteiger charge is -2.10. The Bertz CT molecular complexity index is 806. The Morgan fingerprint density at radius 1 is 1.14 bits per heavy atom. The van der Waals surface area contributed by atoms with Gasteiger partial charge < -0.3 is 10.1 Å². The summed E-state index contributed by atoms with van der Waals surface area (Å²) in [5.41, 5.74) is 2.07. The molecule has 1 aromatic heterocycles. The first kappa shape index (κ1) is 15.1. The number of hydrogen-bond donors (Lipinski definition) is 1. The van der Waals surface area contributed by atoms with Crippen molar-refractivity contribution < 1.29 is 4.74 Å². The lowest BCUT2D eigenvalue weighted by Crippen LogP contribution is -2.02. The average molecular weight is 378 g/mol. The molecule has 3 rings (SSSR count). The van der Waals surface area contributed by atoms with E-state index in [-0.39, 0.29) is 0 Å². The van der Waals surface area contributed by atoms with Crippen LogP contribution in [-0.2, 0) is 6.54 Å². The quantitative estimate of drug-likeness (QED) is 0.672. The van der Waals surface area contributed by atoms with Crippen LogP contribution in [0.1, 0.15) is 5.56 Å². The van der Waals surface area contributed by atoms with E-state index in [4.69, 9.17) is 16.3 Å². The van der Waals surface area contributed by atoms with Gasteiger partial charge >= 0.3 is 0 Å². The smallest absolute Gasteiger partial charge is 0.141 e. The molecule has 0 aliphatic carbocycles. The molecule has 0 spiro atoms. The van der Waals surface area contributed by atoms with Crippen LogP contribution in [0.5, 0.6) is 5.75 Å². The fraction of sp³-hybridized carbons (Fsp3) is 0.118. The number of anilines is 1. The Morgan fingerprint density at radius 2 is 1.91 bits per heavy atom. The van der Waals surface area contributed by atoms with E-state index in [0.717, 1.165) is 32.5 Å². The molecule has 2 aromatic carbocycles. The van der Waals surface area contributed by atoms with Crippen molar-refractivity contribution in [1.29, 1.82) is 0 Å². The summed E-state index contributed by atoms with van der Waals surface area (Å²) in [6.45, 7) is 0.689. The van der Waals surface area contributed by atoms with Crippen molar-refractivity contribution in [2.24, 2.45) is 0 Å². The summed E-state index contributed by atoms with van der Waals surface area (Å²) in [6, 6.07) is 15.6. The Kier molecular flexibility index (Phi) is 4.50. The molecule has 3 aromatic rings. The zero-order chi connectivity index (χ0) is 15.5. The molecule has 0 aliphatic heterocycles. The highest BCUT2D eigenvalue weighted by Crippen LogP contribution is 2.27. The molecule has 0 atom stereocenters. The van der Waals surface area contributed by atoms with E-state index in [1.165, 1.54) is 0 Å². The Morgan fingerprint density at radius 3 is 2.64 bits per heavy atom. The van der Waals surface area contributed by atoms with E-state index in [2.05, 4.69) is 26.2 Å². The highest BCUT2D eigenvalue weighted by Gasteiger charge is 2.05. The van der Waals surface area contributed by atoms with Crippen LogP contribution in [0.15, 0.2) is 53.0 Å². The first-order chi connectivity index (χ1) is 10.7. The SMILES string of the molecule is COc1ccc(CNc2nc3ccc(Cl)cc3cc2Br)cc1. The van der Waals surface area contributed by atoms with E-state index in [1.54, 1.807) is 7.11 Å². The number of benzene rings is 2. The van der Waals surface area contributed by atoms with Gasteiger partial charge in [0, 0.05) is 17.0 Å². The third kappa shape index (κ3) is 3.34. The molecule has 3 nitrogen and oxygen atoms in total. The first-order valence-electron chi connectivity index (χ1n) is 6.78. The number of nitrogens with zero attached hydrogens (tertiary/aromatic N) is 1. The third-order valence-electron chi connectivity index (χ3n) is 3.35. The summed E-state index contributed by atoms with van der Waals surface area (Å²) in [5, 5.41) is 5.06. The predicted molar refractivity (Wildman–Crippen MR) is 94.8 cm³/mol. The fourth-order valence-electron chi connectivity index (χ4n) is 2.17. The number of halogens is 2. The number of fused-ring (bicyclic) bond motifs is 1. The average Bonchev–Trinajstić information content (AvgIpc) is 2.53. The molecule has 0 bridgehead atoms. The monoisotopic (exact) mass is 376 g/mol. The van der Waals surface area contributed by atoms with Gasteiger partial charge in [-0.3, -0.25) is 0 Å². The minimum Gasteiger partial charge on any atom is -0.497 e. The van der Waals surface area contributed by atoms with Crippen molar-refractivity contribution in [3.63, 3.8) is 0 Å². The van der Waals surface area contributed by atoms with Gasteiger partial charge in [0.25, 0.3) is 0 Å². The van der Waals surface area contributed by atoms with Gasteiger partial charge in [-0.1, -0.05) is 23.7 Å². The lowest BCUT2D eigenvalue weighted by atomic mass is 10.2. The first-order valence-corrected chi connectivity index (χ1v) is 7.95. The van der Waals surface area contributed by atoms with Crippen LogP contribution >= 0.6 is 27.5 Å². The number of aromatic nitrogens is 1. The second-order valence-corrected chi connectivity index (χ2v) is 6.15. The van der Waals surface area contributed by atoms with Gasteiger partial charge in [0.2, 0.25) is 0 Å². The molecule has 22 heavy (non-hydrogen) atoms. The molecule has 0 aliphatic rings. The minimum atomic E-state index is 0.689. The molecular weight excluding hydrogens is 364 g/mol. The van der Waals surface area contributed by atoms with Crippen molar-refractivity contribution in [1.82, 2.24) is 4.98 Å². The highest BCUT2D eigenvalue weighted by atomic mass is 79.9. The van der Waals surface area contributed by atoms with Crippen molar-refractivity contribution in [3.05, 3.63) is 63.6 Å². The van der Waals surface area contributed by atoms with Gasteiger partial charge in [0.15, 0.2) is 0 Å². The zero-order valence-corrected chi connectivity index (χ0v) is 14.3. The third-order valence-corrected chi connectivity index (χ3v) is 4.19. The van der Waals surface area contributed by atoms with E-state index >= 15 is 0 Å². The maximum absolute atomic E-state index is 6.01. The number of rotatable bonds is 4. The van der Waals surface area contributed by atoms with Crippen molar-refractivity contribution in [2.75, 3.05) is 12.4 Å². The number of pyridine rings is 1. The number of ether oxygens (including phenoxy) is 1. The molecule has 0 fully saturated rings. The summed E-state index contributed by atoms with van der Waals surface area (Å²) < 4.78 is 6.07. The molecule has 5 heteroatoms. The fourth-order valence-corrected chi connectivity index (χ4v) is 2.83. The van der Waals surface area contributed by atoms with Crippen LogP contribution in [0.4, 0.5) is 5.82 Å². The van der Waals surface area contributed by atoms with Crippen LogP contribution in [0.25, 0.3) is 10.9 Å². The largest absolute Gasteiger partial charge is 0.497 e. The Balaban J connectivity index is 1.80. The van der Waals surface area contributed by atoms with Crippen molar-refractivity contribution in [2.45, 2.75) is 6.54 Å². The van der Waals surface area contributed by atoms with Crippen molar-refractivity contribution in [3.8, 4) is 5.75 Å². The predicted octanol–water partition coefficient (Wildman–Crippen LogP) is 5.27. The molecule has 0 saturated carbocycles. The standard InChI is InChI=1S/C17H14BrClN2O/c1-22-14-5-2-11(3-6-14)10-20-17-15(18)9-12-8-13(19)4-7-16(12)21-17/h2-9H,10H2,1H3,(H,20,21). The molecule has 1 heterocycles. The molecule has 0 radical (unpaired) electrons. The second-order valence-electron chi connectivity index (χ2n) is 4.86. The molecular formula is C17H14BrClN2O. The number of hydrogen-bond acceptors (Lipinski definition) is 3. The molecule has 0 saturated heterocycles. The van der Waals surface area contributed by atoms with Crippen molar-refractivity contribution >= 4 is 44.3 Å². The van der Waals surface area contributed by atoms with Crippen LogP contribution in [0.3, 0.4) is 0 Å². The summed E-state index contributed by atoms with van der Waals surface area (Å²) >= 11 is 9.56. The molecule has 1 N–H and O–H groups in total. The maximum atomic E-state index is 6.01. The zero-order valence-electron chi connectivity index (χ0n) is 11.9. The summed E-state index contributed by atoms with van der Waals surface area (Å²) in [5.74, 6) is 1.66. The lowest BCUT2D eigenvalue weighted by molar-refractivity contribution is 0.414. The number of nitrogens with one attached hydrogen (secondary N) is 1. The minimum absolute atomic E-state index is 0.689. The molecule has 0 unspecified atom stereocenters. The van der Waals surface area contributed by atoms with Gasteiger partial charge in [-0.2, -0.15) is 0 Å². The van der Waals surface area contributed by atoms with E-state index in [0.29, 0.717) is 11.6 Å². The number of methoxy groups -OCH3 is 1. The van der Waals surface area contributed by atoms with E-state index in [9.17, 15) is 0 Å². The second kappa shape index (κ2) is 6.55. The molecule has 112 valence electrons. The maximum Gasteiger partial charge on any atom is 0.141 e. The van der Waals surface area contributed by atoms with Gasteiger partial charge in [0.1, 0.15) is 11.6 Å².